The van der Waals surface area contributed by atoms with E-state index in [9.17, 15) is 10.1 Å². The molecule has 0 aliphatic heterocycles. The van der Waals surface area contributed by atoms with Crippen molar-refractivity contribution in [3.05, 3.63) is 46.6 Å². The van der Waals surface area contributed by atoms with Gasteiger partial charge in [-0.15, -0.1) is 0 Å². The summed E-state index contributed by atoms with van der Waals surface area (Å²) in [5, 5.41) is 16.3. The second-order valence-corrected chi connectivity index (χ2v) is 9.52. The van der Waals surface area contributed by atoms with Gasteiger partial charge in [-0.2, -0.15) is 5.26 Å². The van der Waals surface area contributed by atoms with Crippen molar-refractivity contribution >= 4 is 17.5 Å². The maximum Gasteiger partial charge on any atom is 0.263 e. The number of halogens is 1. The number of hydrogen-bond donors (Lipinski definition) is 2. The fourth-order valence-corrected chi connectivity index (χ4v) is 6.39. The number of nitrogens with one attached hydrogen (secondary N) is 2. The highest BCUT2D eigenvalue weighted by atomic mass is 35.5. The average Bonchev–Trinajstić information content (AvgIpc) is 2.65. The van der Waals surface area contributed by atoms with Gasteiger partial charge in [-0.3, -0.25) is 4.79 Å². The first-order chi connectivity index (χ1) is 13.5. The summed E-state index contributed by atoms with van der Waals surface area (Å²) in [5.74, 6) is 2.24. The maximum atomic E-state index is 12.7. The van der Waals surface area contributed by atoms with Crippen molar-refractivity contribution in [3.8, 4) is 6.07 Å². The third-order valence-electron chi connectivity index (χ3n) is 7.21. The Hall–Kier alpha value is -1.99. The highest BCUT2D eigenvalue weighted by Crippen LogP contribution is 2.61. The van der Waals surface area contributed by atoms with E-state index in [1.807, 2.05) is 30.3 Å². The molecule has 0 radical (unpaired) electrons. The summed E-state index contributed by atoms with van der Waals surface area (Å²) >= 11 is 6.15. The lowest BCUT2D eigenvalue weighted by atomic mass is 9.48. The molecule has 5 rings (SSSR count). The Bertz CT molecular complexity index is 790. The molecule has 4 saturated carbocycles. The van der Waals surface area contributed by atoms with Gasteiger partial charge in [-0.25, -0.2) is 0 Å². The van der Waals surface area contributed by atoms with Crippen LogP contribution in [-0.2, 0) is 11.3 Å². The first-order valence-electron chi connectivity index (χ1n) is 10.4. The summed E-state index contributed by atoms with van der Waals surface area (Å²) in [6.07, 6.45) is 9.36. The largest absolute Gasteiger partial charge is 0.386 e. The molecule has 4 fully saturated rings. The Balaban J connectivity index is 1.38. The molecule has 0 saturated heterocycles. The summed E-state index contributed by atoms with van der Waals surface area (Å²) in [6.45, 7) is 2.61. The van der Waals surface area contributed by atoms with Crippen LogP contribution in [0.25, 0.3) is 0 Å². The topological polar surface area (TPSA) is 64.9 Å². The third kappa shape index (κ3) is 3.78. The molecular formula is C23H28ClN3O. The Labute approximate surface area is 172 Å². The van der Waals surface area contributed by atoms with Crippen molar-refractivity contribution in [1.29, 1.82) is 5.26 Å². The van der Waals surface area contributed by atoms with Gasteiger partial charge in [0.2, 0.25) is 0 Å². The normalized spacial score (nSPS) is 31.9. The molecule has 1 aromatic carbocycles. The Morgan fingerprint density at radius 2 is 1.86 bits per heavy atom. The molecular weight excluding hydrogens is 370 g/mol. The van der Waals surface area contributed by atoms with Gasteiger partial charge in [0.05, 0.1) is 0 Å². The molecule has 1 atom stereocenters. The molecule has 0 heterocycles. The van der Waals surface area contributed by atoms with Crippen LogP contribution < -0.4 is 10.6 Å². The summed E-state index contributed by atoms with van der Waals surface area (Å²) < 4.78 is 0. The smallest absolute Gasteiger partial charge is 0.263 e. The molecule has 4 bridgehead atoms. The molecule has 4 aliphatic rings. The summed E-state index contributed by atoms with van der Waals surface area (Å²) in [7, 11) is 0. The molecule has 1 aromatic rings. The Morgan fingerprint density at radius 3 is 2.43 bits per heavy atom. The monoisotopic (exact) mass is 397 g/mol. The second-order valence-electron chi connectivity index (χ2n) is 9.12. The van der Waals surface area contributed by atoms with E-state index in [4.69, 9.17) is 11.6 Å². The zero-order chi connectivity index (χ0) is 19.7. The van der Waals surface area contributed by atoms with Crippen LogP contribution in [-0.4, -0.2) is 11.9 Å². The molecule has 148 valence electrons. The lowest BCUT2D eigenvalue weighted by molar-refractivity contribution is -0.122. The Kier molecular flexibility index (Phi) is 5.38. The quantitative estimate of drug-likeness (QED) is 0.546. The van der Waals surface area contributed by atoms with Gasteiger partial charge in [-0.05, 0) is 80.2 Å². The van der Waals surface area contributed by atoms with Crippen LogP contribution in [0.2, 0.25) is 5.02 Å². The van der Waals surface area contributed by atoms with E-state index in [0.29, 0.717) is 11.6 Å². The Morgan fingerprint density at radius 1 is 1.25 bits per heavy atom. The molecule has 4 nitrogen and oxygen atoms in total. The molecule has 5 heteroatoms. The van der Waals surface area contributed by atoms with E-state index in [0.717, 1.165) is 23.3 Å². The van der Waals surface area contributed by atoms with Crippen LogP contribution in [0.1, 0.15) is 51.0 Å². The molecule has 4 aliphatic carbocycles. The fourth-order valence-electron chi connectivity index (χ4n) is 6.19. The number of carbonyl (C=O) groups excluding carboxylic acids is 1. The molecule has 1 unspecified atom stereocenters. The van der Waals surface area contributed by atoms with E-state index < -0.39 is 0 Å². The lowest BCUT2D eigenvalue weighted by Crippen LogP contribution is -2.56. The van der Waals surface area contributed by atoms with Gasteiger partial charge in [0.1, 0.15) is 11.6 Å². The summed E-state index contributed by atoms with van der Waals surface area (Å²) in [4.78, 5) is 12.7. The molecule has 2 N–H and O–H groups in total. The van der Waals surface area contributed by atoms with Crippen molar-refractivity contribution in [2.75, 3.05) is 0 Å². The fraction of sp³-hybridized carbons (Fsp3) is 0.565. The number of amides is 1. The van der Waals surface area contributed by atoms with E-state index in [2.05, 4.69) is 17.6 Å². The van der Waals surface area contributed by atoms with Gasteiger partial charge >= 0.3 is 0 Å². The van der Waals surface area contributed by atoms with Gasteiger partial charge in [0, 0.05) is 23.8 Å². The second kappa shape index (κ2) is 7.79. The van der Waals surface area contributed by atoms with Crippen molar-refractivity contribution in [2.24, 2.45) is 23.2 Å². The minimum atomic E-state index is -0.280. The predicted octanol–water partition coefficient (Wildman–Crippen LogP) is 4.56. The molecule has 1 amide bonds. The van der Waals surface area contributed by atoms with Crippen LogP contribution in [0.3, 0.4) is 0 Å². The predicted molar refractivity (Wildman–Crippen MR) is 110 cm³/mol. The zero-order valence-electron chi connectivity index (χ0n) is 16.4. The third-order valence-corrected chi connectivity index (χ3v) is 7.58. The molecule has 0 aromatic heterocycles. The maximum absolute atomic E-state index is 12.7. The van der Waals surface area contributed by atoms with Crippen LogP contribution in [0.4, 0.5) is 0 Å². The minimum Gasteiger partial charge on any atom is -0.386 e. The van der Waals surface area contributed by atoms with Crippen LogP contribution in [0.15, 0.2) is 36.0 Å². The minimum absolute atomic E-state index is 0.105. The molecule has 0 spiro atoms. The number of benzene rings is 1. The van der Waals surface area contributed by atoms with Crippen LogP contribution in [0.5, 0.6) is 0 Å². The van der Waals surface area contributed by atoms with Gasteiger partial charge in [0.25, 0.3) is 5.91 Å². The highest BCUT2D eigenvalue weighted by molar-refractivity contribution is 6.31. The van der Waals surface area contributed by atoms with Gasteiger partial charge in [-0.1, -0.05) is 29.8 Å². The molecule has 28 heavy (non-hydrogen) atoms. The van der Waals surface area contributed by atoms with E-state index in [1.54, 1.807) is 0 Å². The van der Waals surface area contributed by atoms with Crippen molar-refractivity contribution in [1.82, 2.24) is 10.6 Å². The lowest BCUT2D eigenvalue weighted by Gasteiger charge is -2.59. The van der Waals surface area contributed by atoms with Crippen LogP contribution >= 0.6 is 11.6 Å². The number of carbonyl (C=O) groups is 1. The first-order valence-corrected chi connectivity index (χ1v) is 10.7. The van der Waals surface area contributed by atoms with Crippen molar-refractivity contribution in [3.63, 3.8) is 0 Å². The zero-order valence-corrected chi connectivity index (χ0v) is 17.1. The summed E-state index contributed by atoms with van der Waals surface area (Å²) in [6, 6.07) is 9.68. The summed E-state index contributed by atoms with van der Waals surface area (Å²) in [5.41, 5.74) is 1.28. The van der Waals surface area contributed by atoms with Gasteiger partial charge in [0.15, 0.2) is 0 Å². The number of hydrogen-bond acceptors (Lipinski definition) is 3. The van der Waals surface area contributed by atoms with Crippen molar-refractivity contribution in [2.45, 2.75) is 58.0 Å². The average molecular weight is 398 g/mol. The van der Waals surface area contributed by atoms with E-state index in [1.165, 1.54) is 44.7 Å². The first kappa shape index (κ1) is 19.3. The standard InChI is InChI=1S/C23H28ClN3O/c1-15(23-9-16-6-17(10-23)8-18(7-16)11-23)27-22(28)20(12-25)14-26-13-19-4-2-3-5-21(19)24/h2-5,14-18,26H,6-11,13H2,1H3,(H,27,28)/b20-14-. The number of nitrogens with zero attached hydrogens (tertiary/aromatic N) is 1. The number of nitriles is 1. The van der Waals surface area contributed by atoms with E-state index in [-0.39, 0.29) is 22.9 Å². The number of rotatable bonds is 6. The van der Waals surface area contributed by atoms with Gasteiger partial charge < -0.3 is 10.6 Å². The van der Waals surface area contributed by atoms with Crippen LogP contribution in [0, 0.1) is 34.5 Å². The highest BCUT2D eigenvalue weighted by Gasteiger charge is 2.53. The van der Waals surface area contributed by atoms with E-state index >= 15 is 0 Å². The van der Waals surface area contributed by atoms with Crippen molar-refractivity contribution < 1.29 is 4.79 Å². The SMILES string of the molecule is CC(NC(=O)/C(C#N)=C\NCc1ccccc1Cl)C12CC3CC(CC(C3)C1)C2.